The first-order chi connectivity index (χ1) is 7.89. The highest BCUT2D eigenvalue weighted by molar-refractivity contribution is 7.80. The van der Waals surface area contributed by atoms with Crippen molar-refractivity contribution in [3.8, 4) is 0 Å². The van der Waals surface area contributed by atoms with Gasteiger partial charge in [-0.1, -0.05) is 20.8 Å². The molecule has 1 N–H and O–H groups in total. The number of rotatable bonds is 10. The van der Waals surface area contributed by atoms with Crippen molar-refractivity contribution < 1.29 is 21.6 Å². The van der Waals surface area contributed by atoms with Gasteiger partial charge in [0.05, 0.1) is 19.6 Å². The van der Waals surface area contributed by atoms with Crippen LogP contribution in [0.3, 0.4) is 0 Å². The Hall–Kier alpha value is -0.170. The van der Waals surface area contributed by atoms with Crippen LogP contribution in [0, 0.1) is 0 Å². The molecule has 104 valence electrons. The zero-order chi connectivity index (χ0) is 13.4. The molecule has 0 radical (unpaired) electrons. The van der Waals surface area contributed by atoms with Gasteiger partial charge < -0.3 is 4.48 Å². The van der Waals surface area contributed by atoms with Gasteiger partial charge in [-0.3, -0.25) is 4.55 Å². The highest BCUT2D eigenvalue weighted by atomic mass is 32.3. The standard InChI is InChI=1S/C11H25NO4S/c1-4-7-12(8-5-2,9-6-3)10-11-16-17(13,14)15/h4-11H2,1-3H3/p+1. The lowest BCUT2D eigenvalue weighted by Crippen LogP contribution is -2.51. The van der Waals surface area contributed by atoms with Crippen LogP contribution < -0.4 is 0 Å². The minimum atomic E-state index is -4.30. The lowest BCUT2D eigenvalue weighted by Gasteiger charge is -2.38. The van der Waals surface area contributed by atoms with E-state index in [4.69, 9.17) is 4.55 Å². The van der Waals surface area contributed by atoms with Gasteiger partial charge in [-0.25, -0.2) is 4.18 Å². The zero-order valence-electron chi connectivity index (χ0n) is 11.2. The van der Waals surface area contributed by atoms with E-state index in [-0.39, 0.29) is 6.61 Å². The average Bonchev–Trinajstić information content (AvgIpc) is 2.16. The molecule has 0 aromatic rings. The third-order valence-electron chi connectivity index (χ3n) is 2.89. The number of hydrogen-bond donors (Lipinski definition) is 1. The van der Waals surface area contributed by atoms with E-state index in [0.29, 0.717) is 6.54 Å². The Morgan fingerprint density at radius 2 is 1.35 bits per heavy atom. The van der Waals surface area contributed by atoms with Crippen LogP contribution in [0.2, 0.25) is 0 Å². The Morgan fingerprint density at radius 3 is 1.65 bits per heavy atom. The van der Waals surface area contributed by atoms with Crippen LogP contribution in [-0.2, 0) is 14.6 Å². The van der Waals surface area contributed by atoms with Crippen molar-refractivity contribution >= 4 is 10.4 Å². The Morgan fingerprint density at radius 1 is 0.941 bits per heavy atom. The summed E-state index contributed by atoms with van der Waals surface area (Å²) in [5.74, 6) is 0. The fourth-order valence-electron chi connectivity index (χ4n) is 2.43. The van der Waals surface area contributed by atoms with Crippen LogP contribution >= 0.6 is 0 Å². The molecule has 6 heteroatoms. The van der Waals surface area contributed by atoms with E-state index in [2.05, 4.69) is 25.0 Å². The van der Waals surface area contributed by atoms with Crippen LogP contribution in [0.4, 0.5) is 0 Å². The molecule has 0 aliphatic rings. The Labute approximate surface area is 105 Å². The van der Waals surface area contributed by atoms with Crippen LogP contribution in [0.5, 0.6) is 0 Å². The van der Waals surface area contributed by atoms with Gasteiger partial charge in [-0.2, -0.15) is 8.42 Å². The predicted octanol–water partition coefficient (Wildman–Crippen LogP) is 1.85. The minimum Gasteiger partial charge on any atom is -0.322 e. The van der Waals surface area contributed by atoms with Crippen LogP contribution in [0.1, 0.15) is 40.0 Å². The summed E-state index contributed by atoms with van der Waals surface area (Å²) in [4.78, 5) is 0. The lowest BCUT2D eigenvalue weighted by atomic mass is 10.2. The van der Waals surface area contributed by atoms with Crippen LogP contribution in [0.25, 0.3) is 0 Å². The van der Waals surface area contributed by atoms with Gasteiger partial charge in [-0.15, -0.1) is 0 Å². The van der Waals surface area contributed by atoms with Gasteiger partial charge in [0.1, 0.15) is 13.2 Å². The Bertz CT molecular complexity index is 273. The molecule has 0 atom stereocenters. The molecule has 0 bridgehead atoms. The second-order valence-electron chi connectivity index (χ2n) is 4.49. The fraction of sp³-hybridized carbons (Fsp3) is 1.00. The summed E-state index contributed by atoms with van der Waals surface area (Å²) in [7, 11) is -4.30. The molecular formula is C11H26NO4S+. The first-order valence-corrected chi connectivity index (χ1v) is 7.72. The van der Waals surface area contributed by atoms with E-state index < -0.39 is 10.4 Å². The first kappa shape index (κ1) is 16.8. The molecular weight excluding hydrogens is 242 g/mol. The lowest BCUT2D eigenvalue weighted by molar-refractivity contribution is -0.928. The summed E-state index contributed by atoms with van der Waals surface area (Å²) in [5, 5.41) is 0. The van der Waals surface area contributed by atoms with Crippen molar-refractivity contribution in [1.29, 1.82) is 0 Å². The van der Waals surface area contributed by atoms with Crippen molar-refractivity contribution in [2.45, 2.75) is 40.0 Å². The van der Waals surface area contributed by atoms with Crippen LogP contribution in [-0.4, -0.2) is 50.2 Å². The van der Waals surface area contributed by atoms with Crippen molar-refractivity contribution in [3.05, 3.63) is 0 Å². The quantitative estimate of drug-likeness (QED) is 0.485. The molecule has 0 fully saturated rings. The predicted molar refractivity (Wildman–Crippen MR) is 68.1 cm³/mol. The molecule has 0 aromatic carbocycles. The van der Waals surface area contributed by atoms with Gasteiger partial charge >= 0.3 is 10.4 Å². The third-order valence-corrected chi connectivity index (χ3v) is 3.36. The summed E-state index contributed by atoms with van der Waals surface area (Å²) >= 11 is 0. The van der Waals surface area contributed by atoms with E-state index >= 15 is 0 Å². The summed E-state index contributed by atoms with van der Waals surface area (Å²) in [6.07, 6.45) is 3.18. The number of hydrogen-bond acceptors (Lipinski definition) is 3. The monoisotopic (exact) mass is 268 g/mol. The maximum atomic E-state index is 10.5. The molecule has 0 aromatic heterocycles. The van der Waals surface area contributed by atoms with E-state index in [1.54, 1.807) is 0 Å². The van der Waals surface area contributed by atoms with Crippen LogP contribution in [0.15, 0.2) is 0 Å². The molecule has 0 unspecified atom stereocenters. The second kappa shape index (κ2) is 8.02. The number of nitrogens with zero attached hydrogens (tertiary/aromatic N) is 1. The van der Waals surface area contributed by atoms with Gasteiger partial charge in [0.25, 0.3) is 0 Å². The van der Waals surface area contributed by atoms with Crippen molar-refractivity contribution in [2.24, 2.45) is 0 Å². The van der Waals surface area contributed by atoms with E-state index in [1.165, 1.54) is 0 Å². The van der Waals surface area contributed by atoms with Gasteiger partial charge in [0.2, 0.25) is 0 Å². The summed E-state index contributed by atoms with van der Waals surface area (Å²) < 4.78 is 34.9. The molecule has 0 spiro atoms. The number of quaternary nitrogens is 1. The second-order valence-corrected chi connectivity index (χ2v) is 5.58. The van der Waals surface area contributed by atoms with Crippen molar-refractivity contribution in [2.75, 3.05) is 32.8 Å². The minimum absolute atomic E-state index is 0.0544. The highest BCUT2D eigenvalue weighted by Gasteiger charge is 2.25. The largest absolute Gasteiger partial charge is 0.397 e. The molecule has 0 aliphatic carbocycles. The van der Waals surface area contributed by atoms with E-state index in [0.717, 1.165) is 43.4 Å². The van der Waals surface area contributed by atoms with Crippen molar-refractivity contribution in [1.82, 2.24) is 0 Å². The summed E-state index contributed by atoms with van der Waals surface area (Å²) in [6, 6.07) is 0. The SMILES string of the molecule is CCC[N+](CCC)(CCC)CCOS(=O)(=O)O. The molecule has 0 amide bonds. The molecule has 0 rings (SSSR count). The molecule has 0 heterocycles. The maximum Gasteiger partial charge on any atom is 0.397 e. The molecule has 0 saturated carbocycles. The molecule has 17 heavy (non-hydrogen) atoms. The summed E-state index contributed by atoms with van der Waals surface area (Å²) in [6.45, 7) is 10.1. The maximum absolute atomic E-state index is 10.5. The molecule has 0 saturated heterocycles. The molecule has 5 nitrogen and oxygen atoms in total. The fourth-order valence-corrected chi connectivity index (χ4v) is 2.72. The molecule has 0 aliphatic heterocycles. The summed E-state index contributed by atoms with van der Waals surface area (Å²) in [5.41, 5.74) is 0. The normalized spacial score (nSPS) is 12.9. The zero-order valence-corrected chi connectivity index (χ0v) is 12.0. The first-order valence-electron chi connectivity index (χ1n) is 6.36. The van der Waals surface area contributed by atoms with Gasteiger partial charge in [0, 0.05) is 0 Å². The Kier molecular flexibility index (Phi) is 7.94. The topological polar surface area (TPSA) is 63.6 Å². The highest BCUT2D eigenvalue weighted by Crippen LogP contribution is 2.11. The van der Waals surface area contributed by atoms with E-state index in [9.17, 15) is 8.42 Å². The van der Waals surface area contributed by atoms with Gasteiger partial charge in [0.15, 0.2) is 0 Å². The third kappa shape index (κ3) is 7.70. The van der Waals surface area contributed by atoms with E-state index in [1.807, 2.05) is 0 Å². The smallest absolute Gasteiger partial charge is 0.322 e. The average molecular weight is 268 g/mol. The van der Waals surface area contributed by atoms with Gasteiger partial charge in [-0.05, 0) is 19.3 Å². The van der Waals surface area contributed by atoms with Crippen molar-refractivity contribution in [3.63, 3.8) is 0 Å². The Balaban J connectivity index is 4.43.